The Balaban J connectivity index is 0.00000133. The summed E-state index contributed by atoms with van der Waals surface area (Å²) < 4.78 is 26.6. The van der Waals surface area contributed by atoms with Crippen molar-refractivity contribution in [3.8, 4) is 11.1 Å². The molecule has 0 heterocycles. The number of halogens is 2. The van der Waals surface area contributed by atoms with Crippen molar-refractivity contribution in [1.29, 1.82) is 0 Å². The summed E-state index contributed by atoms with van der Waals surface area (Å²) in [6.07, 6.45) is 3.01. The quantitative estimate of drug-likeness (QED) is 0.588. The third-order valence-electron chi connectivity index (χ3n) is 3.23. The van der Waals surface area contributed by atoms with Crippen molar-refractivity contribution in [2.24, 2.45) is 0 Å². The second-order valence-corrected chi connectivity index (χ2v) is 4.70. The second kappa shape index (κ2) is 7.80. The minimum atomic E-state index is -0.540. The van der Waals surface area contributed by atoms with Gasteiger partial charge in [-0.25, -0.2) is 8.78 Å². The summed E-state index contributed by atoms with van der Waals surface area (Å²) in [6, 6.07) is 9.54. The van der Waals surface area contributed by atoms with Gasteiger partial charge < -0.3 is 14.9 Å². The smallest absolute Gasteiger partial charge is 0.358 e. The molecule has 0 unspecified atom stereocenters. The Bertz CT molecular complexity index is 640. The van der Waals surface area contributed by atoms with Crippen molar-refractivity contribution in [2.75, 3.05) is 0 Å². The first kappa shape index (κ1) is 19.9. The van der Waals surface area contributed by atoms with Crippen LogP contribution < -0.4 is 0 Å². The van der Waals surface area contributed by atoms with Gasteiger partial charge in [0.25, 0.3) is 0 Å². The molecular weight excluding hydrogens is 345 g/mol. The van der Waals surface area contributed by atoms with Crippen LogP contribution in [0.5, 0.6) is 0 Å². The van der Waals surface area contributed by atoms with Crippen molar-refractivity contribution in [3.63, 3.8) is 0 Å². The molecule has 0 amide bonds. The molecule has 1 aliphatic carbocycles. The van der Waals surface area contributed by atoms with E-state index in [4.69, 9.17) is 0 Å². The largest absolute Gasteiger partial charge is 2.00 e. The van der Waals surface area contributed by atoms with Gasteiger partial charge in [-0.3, -0.25) is 0 Å². The van der Waals surface area contributed by atoms with Gasteiger partial charge >= 0.3 is 26.2 Å². The van der Waals surface area contributed by atoms with Gasteiger partial charge in [-0.05, 0) is 47.7 Å². The van der Waals surface area contributed by atoms with E-state index in [0.717, 1.165) is 23.6 Å². The van der Waals surface area contributed by atoms with E-state index < -0.39 is 11.6 Å². The number of allylic oxidation sites excluding steroid dienone is 1. The number of hydrogen-bond donors (Lipinski definition) is 0. The molecular formula is C18H18F2Zr. The molecule has 2 aromatic rings. The molecule has 0 saturated heterocycles. The SMILES string of the molecule is CC1=Cc2c(cccc2-c2cc(F)cc(F)c2)C1.[CH3-].[CH3-].[Zr+2]. The molecule has 2 aromatic carbocycles. The fourth-order valence-electron chi connectivity index (χ4n) is 2.50. The molecule has 0 nitrogen and oxygen atoms in total. The van der Waals surface area contributed by atoms with Crippen LogP contribution in [-0.2, 0) is 32.6 Å². The van der Waals surface area contributed by atoms with Gasteiger partial charge in [0.1, 0.15) is 11.6 Å². The summed E-state index contributed by atoms with van der Waals surface area (Å²) in [7, 11) is 0. The van der Waals surface area contributed by atoms with Crippen LogP contribution >= 0.6 is 0 Å². The van der Waals surface area contributed by atoms with Gasteiger partial charge in [-0.15, -0.1) is 0 Å². The van der Waals surface area contributed by atoms with E-state index in [2.05, 4.69) is 19.1 Å². The van der Waals surface area contributed by atoms with Gasteiger partial charge in [-0.2, -0.15) is 0 Å². The molecule has 21 heavy (non-hydrogen) atoms. The van der Waals surface area contributed by atoms with Crippen molar-refractivity contribution >= 4 is 6.08 Å². The summed E-state index contributed by atoms with van der Waals surface area (Å²) in [5.74, 6) is -1.08. The van der Waals surface area contributed by atoms with Crippen LogP contribution in [0.3, 0.4) is 0 Å². The molecule has 3 rings (SSSR count). The van der Waals surface area contributed by atoms with E-state index in [1.54, 1.807) is 0 Å². The average Bonchev–Trinajstić information content (AvgIpc) is 2.67. The minimum absolute atomic E-state index is 0. The predicted molar refractivity (Wildman–Crippen MR) is 82.0 cm³/mol. The van der Waals surface area contributed by atoms with Crippen molar-refractivity contribution < 1.29 is 35.0 Å². The van der Waals surface area contributed by atoms with Crippen LogP contribution in [0.2, 0.25) is 0 Å². The minimum Gasteiger partial charge on any atom is -0.358 e. The fraction of sp³-hybridized carbons (Fsp3) is 0.111. The summed E-state index contributed by atoms with van der Waals surface area (Å²) in [5.41, 5.74) is 5.06. The molecule has 0 N–H and O–H groups in total. The molecule has 0 aromatic heterocycles. The molecule has 0 atom stereocenters. The van der Waals surface area contributed by atoms with E-state index in [0.29, 0.717) is 5.56 Å². The number of hydrogen-bond acceptors (Lipinski definition) is 0. The van der Waals surface area contributed by atoms with Crippen LogP contribution in [0.15, 0.2) is 42.0 Å². The zero-order valence-electron chi connectivity index (χ0n) is 12.5. The Morgan fingerprint density at radius 1 is 0.952 bits per heavy atom. The van der Waals surface area contributed by atoms with E-state index in [9.17, 15) is 8.78 Å². The first-order valence-corrected chi connectivity index (χ1v) is 5.89. The van der Waals surface area contributed by atoms with Crippen molar-refractivity contribution in [3.05, 3.63) is 79.6 Å². The maximum absolute atomic E-state index is 13.3. The maximum atomic E-state index is 13.3. The number of benzene rings is 2. The van der Waals surface area contributed by atoms with Crippen LogP contribution in [0.1, 0.15) is 18.1 Å². The standard InChI is InChI=1S/C16H12F2.2CH3.Zr/c1-10-5-11-3-2-4-15(16(11)6-10)12-7-13(17)9-14(18)8-12;;;/h2-4,6-9H,5H2,1H3;2*1H3;/q;2*-1;+2. The molecule has 0 bridgehead atoms. The normalized spacial score (nSPS) is 11.5. The second-order valence-electron chi connectivity index (χ2n) is 4.70. The van der Waals surface area contributed by atoms with E-state index >= 15 is 0 Å². The van der Waals surface area contributed by atoms with Gasteiger partial charge in [0.05, 0.1) is 0 Å². The Labute approximate surface area is 145 Å². The van der Waals surface area contributed by atoms with Crippen molar-refractivity contribution in [1.82, 2.24) is 0 Å². The Morgan fingerprint density at radius 2 is 1.57 bits per heavy atom. The van der Waals surface area contributed by atoms with Crippen LogP contribution in [0.25, 0.3) is 17.2 Å². The summed E-state index contributed by atoms with van der Waals surface area (Å²) >= 11 is 0. The third-order valence-corrected chi connectivity index (χ3v) is 3.23. The molecule has 0 saturated carbocycles. The maximum Gasteiger partial charge on any atom is 2.00 e. The Kier molecular flexibility index (Phi) is 7.40. The first-order chi connectivity index (χ1) is 8.63. The van der Waals surface area contributed by atoms with E-state index in [-0.39, 0.29) is 41.1 Å². The molecule has 0 fully saturated rings. The van der Waals surface area contributed by atoms with E-state index in [1.165, 1.54) is 23.3 Å². The zero-order chi connectivity index (χ0) is 12.7. The van der Waals surface area contributed by atoms with Crippen LogP contribution in [0, 0.1) is 26.5 Å². The van der Waals surface area contributed by atoms with Crippen LogP contribution in [-0.4, -0.2) is 0 Å². The summed E-state index contributed by atoms with van der Waals surface area (Å²) in [5, 5.41) is 0. The summed E-state index contributed by atoms with van der Waals surface area (Å²) in [4.78, 5) is 0. The van der Waals surface area contributed by atoms with Gasteiger partial charge in [0.15, 0.2) is 0 Å². The zero-order valence-corrected chi connectivity index (χ0v) is 15.0. The first-order valence-electron chi connectivity index (χ1n) is 5.89. The molecule has 3 heteroatoms. The van der Waals surface area contributed by atoms with Gasteiger partial charge in [0, 0.05) is 6.07 Å². The van der Waals surface area contributed by atoms with E-state index in [1.807, 2.05) is 12.1 Å². The molecule has 0 spiro atoms. The molecule has 0 aliphatic heterocycles. The van der Waals surface area contributed by atoms with Gasteiger partial charge in [0.2, 0.25) is 0 Å². The monoisotopic (exact) mass is 362 g/mol. The Hall–Kier alpha value is -1.08. The van der Waals surface area contributed by atoms with Crippen molar-refractivity contribution in [2.45, 2.75) is 13.3 Å². The predicted octanol–water partition coefficient (Wildman–Crippen LogP) is 5.49. The number of rotatable bonds is 1. The summed E-state index contributed by atoms with van der Waals surface area (Å²) in [6.45, 7) is 2.07. The number of fused-ring (bicyclic) bond motifs is 1. The average molecular weight is 364 g/mol. The molecule has 0 radical (unpaired) electrons. The topological polar surface area (TPSA) is 0 Å². The van der Waals surface area contributed by atoms with Crippen LogP contribution in [0.4, 0.5) is 8.78 Å². The third kappa shape index (κ3) is 3.98. The van der Waals surface area contributed by atoms with Gasteiger partial charge in [-0.1, -0.05) is 29.8 Å². The molecule has 108 valence electrons. The fourth-order valence-corrected chi connectivity index (χ4v) is 2.50. The molecule has 1 aliphatic rings. The Morgan fingerprint density at radius 3 is 2.19 bits per heavy atom.